The summed E-state index contributed by atoms with van der Waals surface area (Å²) in [6.45, 7) is 4.28. The van der Waals surface area contributed by atoms with Crippen molar-refractivity contribution in [1.82, 2.24) is 5.32 Å². The summed E-state index contributed by atoms with van der Waals surface area (Å²) in [5, 5.41) is 2.91. The number of carbonyl (C=O) groups excluding carboxylic acids is 1. The van der Waals surface area contributed by atoms with E-state index in [1.807, 2.05) is 19.9 Å². The van der Waals surface area contributed by atoms with Crippen molar-refractivity contribution in [3.8, 4) is 5.75 Å². The molecular weight excluding hydrogens is 257 g/mol. The maximum Gasteiger partial charge on any atom is 0.223 e. The summed E-state index contributed by atoms with van der Waals surface area (Å²) in [7, 11) is 0. The highest BCUT2D eigenvalue weighted by Gasteiger charge is 2.24. The zero-order chi connectivity index (χ0) is 14.5. The first-order valence-corrected chi connectivity index (χ1v) is 7.29. The second-order valence-electron chi connectivity index (χ2n) is 5.60. The van der Waals surface area contributed by atoms with E-state index in [2.05, 4.69) is 5.32 Å². The molecule has 1 aliphatic rings. The first-order chi connectivity index (χ1) is 9.56. The van der Waals surface area contributed by atoms with Crippen LogP contribution in [0.1, 0.15) is 38.7 Å². The van der Waals surface area contributed by atoms with Gasteiger partial charge in [-0.25, -0.2) is 4.39 Å². The minimum Gasteiger partial charge on any atom is -0.488 e. The Morgan fingerprint density at radius 2 is 2.20 bits per heavy atom. The molecule has 1 N–H and O–H groups in total. The van der Waals surface area contributed by atoms with Gasteiger partial charge in [0, 0.05) is 12.5 Å². The maximum atomic E-state index is 13.8. The van der Waals surface area contributed by atoms with Gasteiger partial charge in [-0.2, -0.15) is 0 Å². The van der Waals surface area contributed by atoms with Gasteiger partial charge in [-0.1, -0.05) is 12.5 Å². The molecule has 3 nitrogen and oxygen atoms in total. The molecule has 1 saturated carbocycles. The lowest BCUT2D eigenvalue weighted by Gasteiger charge is -2.24. The van der Waals surface area contributed by atoms with E-state index >= 15 is 0 Å². The van der Waals surface area contributed by atoms with Crippen molar-refractivity contribution in [1.29, 1.82) is 0 Å². The molecule has 0 bridgehead atoms. The quantitative estimate of drug-likeness (QED) is 0.869. The van der Waals surface area contributed by atoms with E-state index in [0.717, 1.165) is 24.8 Å². The summed E-state index contributed by atoms with van der Waals surface area (Å²) >= 11 is 0. The van der Waals surface area contributed by atoms with Gasteiger partial charge in [0.1, 0.15) is 0 Å². The third kappa shape index (κ3) is 3.95. The van der Waals surface area contributed by atoms with Crippen molar-refractivity contribution in [3.05, 3.63) is 29.6 Å². The molecule has 0 aliphatic heterocycles. The number of benzene rings is 1. The summed E-state index contributed by atoms with van der Waals surface area (Å²) in [6, 6.07) is 4.97. The first-order valence-electron chi connectivity index (χ1n) is 7.29. The molecule has 0 heterocycles. The van der Waals surface area contributed by atoms with Crippen LogP contribution in [0.25, 0.3) is 0 Å². The van der Waals surface area contributed by atoms with Crippen LogP contribution in [0.15, 0.2) is 18.2 Å². The molecule has 1 aliphatic carbocycles. The Balaban J connectivity index is 1.80. The molecule has 20 heavy (non-hydrogen) atoms. The smallest absolute Gasteiger partial charge is 0.223 e. The van der Waals surface area contributed by atoms with Gasteiger partial charge in [0.2, 0.25) is 5.91 Å². The Kier molecular flexibility index (Phi) is 4.99. The molecular formula is C16H22FNO2. The van der Waals surface area contributed by atoms with Crippen LogP contribution in [0.4, 0.5) is 4.39 Å². The fourth-order valence-corrected chi connectivity index (χ4v) is 2.19. The van der Waals surface area contributed by atoms with Crippen LogP contribution in [-0.4, -0.2) is 18.6 Å². The van der Waals surface area contributed by atoms with Gasteiger partial charge in [-0.15, -0.1) is 0 Å². The number of rotatable bonds is 6. The van der Waals surface area contributed by atoms with Gasteiger partial charge in [0.25, 0.3) is 0 Å². The molecule has 4 heteroatoms. The number of hydrogen-bond acceptors (Lipinski definition) is 2. The summed E-state index contributed by atoms with van der Waals surface area (Å²) in [6.07, 6.45) is 3.75. The highest BCUT2D eigenvalue weighted by Crippen LogP contribution is 2.26. The number of halogens is 1. The van der Waals surface area contributed by atoms with Gasteiger partial charge in [-0.3, -0.25) is 4.79 Å². The van der Waals surface area contributed by atoms with Gasteiger partial charge in [-0.05, 0) is 50.8 Å². The van der Waals surface area contributed by atoms with Crippen LogP contribution < -0.4 is 10.1 Å². The Morgan fingerprint density at radius 3 is 2.75 bits per heavy atom. The molecule has 1 fully saturated rings. The summed E-state index contributed by atoms with van der Waals surface area (Å²) in [5.74, 6) is 0.272. The molecule has 0 unspecified atom stereocenters. The fourth-order valence-electron chi connectivity index (χ4n) is 2.19. The van der Waals surface area contributed by atoms with E-state index < -0.39 is 0 Å². The van der Waals surface area contributed by atoms with E-state index in [9.17, 15) is 9.18 Å². The van der Waals surface area contributed by atoms with Crippen LogP contribution in [0, 0.1) is 11.7 Å². The standard InChI is InChI=1S/C16H22FNO2/c1-11(2)20-15-7-6-12(10-14(15)17)8-9-18-16(19)13-4-3-5-13/h6-7,10-11,13H,3-5,8-9H2,1-2H3,(H,18,19). The molecule has 1 aromatic rings. The van der Waals surface area contributed by atoms with Crippen molar-refractivity contribution in [2.75, 3.05) is 6.54 Å². The minimum absolute atomic E-state index is 0.0443. The lowest BCUT2D eigenvalue weighted by atomic mass is 9.85. The monoisotopic (exact) mass is 279 g/mol. The molecule has 1 aromatic carbocycles. The van der Waals surface area contributed by atoms with E-state index in [1.165, 1.54) is 6.07 Å². The molecule has 110 valence electrons. The van der Waals surface area contributed by atoms with Crippen molar-refractivity contribution >= 4 is 5.91 Å². The first kappa shape index (κ1) is 14.8. The average molecular weight is 279 g/mol. The fraction of sp³-hybridized carbons (Fsp3) is 0.562. The molecule has 0 spiro atoms. The molecule has 1 amide bonds. The topological polar surface area (TPSA) is 38.3 Å². The highest BCUT2D eigenvalue weighted by atomic mass is 19.1. The van der Waals surface area contributed by atoms with Crippen molar-refractivity contribution in [3.63, 3.8) is 0 Å². The summed E-state index contributed by atoms with van der Waals surface area (Å²) in [4.78, 5) is 11.7. The zero-order valence-corrected chi connectivity index (χ0v) is 12.1. The third-order valence-electron chi connectivity index (χ3n) is 3.55. The summed E-state index contributed by atoms with van der Waals surface area (Å²) in [5.41, 5.74) is 0.868. The van der Waals surface area contributed by atoms with E-state index in [4.69, 9.17) is 4.74 Å². The van der Waals surface area contributed by atoms with Gasteiger partial charge < -0.3 is 10.1 Å². The molecule has 2 rings (SSSR count). The second-order valence-corrected chi connectivity index (χ2v) is 5.60. The van der Waals surface area contributed by atoms with Crippen LogP contribution in [0.3, 0.4) is 0 Å². The minimum atomic E-state index is -0.346. The van der Waals surface area contributed by atoms with Crippen molar-refractivity contribution < 1.29 is 13.9 Å². The molecule has 0 atom stereocenters. The number of ether oxygens (including phenoxy) is 1. The molecule has 0 aromatic heterocycles. The predicted molar refractivity (Wildman–Crippen MR) is 76.2 cm³/mol. The van der Waals surface area contributed by atoms with Gasteiger partial charge in [0.05, 0.1) is 6.10 Å². The number of carbonyl (C=O) groups is 1. The third-order valence-corrected chi connectivity index (χ3v) is 3.55. The number of nitrogens with one attached hydrogen (secondary N) is 1. The zero-order valence-electron chi connectivity index (χ0n) is 12.1. The second kappa shape index (κ2) is 6.73. The Bertz CT molecular complexity index is 470. The van der Waals surface area contributed by atoms with Crippen LogP contribution >= 0.6 is 0 Å². The van der Waals surface area contributed by atoms with Crippen LogP contribution in [0.5, 0.6) is 5.75 Å². The number of hydrogen-bond donors (Lipinski definition) is 1. The molecule has 0 radical (unpaired) electrons. The van der Waals surface area contributed by atoms with Gasteiger partial charge >= 0.3 is 0 Å². The number of amides is 1. The maximum absolute atomic E-state index is 13.8. The lowest BCUT2D eigenvalue weighted by molar-refractivity contribution is -0.127. The SMILES string of the molecule is CC(C)Oc1ccc(CCNC(=O)C2CCC2)cc1F. The van der Waals surface area contributed by atoms with Crippen LogP contribution in [-0.2, 0) is 11.2 Å². The predicted octanol–water partition coefficient (Wildman–Crippen LogP) is 3.07. The largest absolute Gasteiger partial charge is 0.488 e. The summed E-state index contributed by atoms with van der Waals surface area (Å²) < 4.78 is 19.1. The Morgan fingerprint density at radius 1 is 1.45 bits per heavy atom. The average Bonchev–Trinajstić information content (AvgIpc) is 2.30. The van der Waals surface area contributed by atoms with Crippen molar-refractivity contribution in [2.24, 2.45) is 5.92 Å². The molecule has 0 saturated heterocycles. The Hall–Kier alpha value is -1.58. The normalized spacial score (nSPS) is 15.0. The van der Waals surface area contributed by atoms with E-state index in [1.54, 1.807) is 6.07 Å². The van der Waals surface area contributed by atoms with Gasteiger partial charge in [0.15, 0.2) is 11.6 Å². The van der Waals surface area contributed by atoms with Crippen LogP contribution in [0.2, 0.25) is 0 Å². The Labute approximate surface area is 119 Å². The van der Waals surface area contributed by atoms with Crippen molar-refractivity contribution in [2.45, 2.75) is 45.6 Å². The highest BCUT2D eigenvalue weighted by molar-refractivity contribution is 5.79. The van der Waals surface area contributed by atoms with E-state index in [-0.39, 0.29) is 29.5 Å². The van der Waals surface area contributed by atoms with E-state index in [0.29, 0.717) is 13.0 Å². The lowest BCUT2D eigenvalue weighted by Crippen LogP contribution is -2.35.